The maximum Gasteiger partial charge on any atom is 0.0934 e. The number of aliphatic hydroxyl groups excluding tert-OH is 2. The molecule has 1 unspecified atom stereocenters. The Morgan fingerprint density at radius 1 is 1.45 bits per heavy atom. The molecule has 0 saturated heterocycles. The van der Waals surface area contributed by atoms with Crippen molar-refractivity contribution in [2.45, 2.75) is 18.9 Å². The first-order valence-corrected chi connectivity index (χ1v) is 3.52. The zero-order chi connectivity index (χ0) is 8.69. The highest BCUT2D eigenvalue weighted by molar-refractivity contribution is 5.02. The normalized spacial score (nSPS) is 14.1. The zero-order valence-electron chi connectivity index (χ0n) is 6.53. The number of allylic oxidation sites excluding steroid dienone is 2. The quantitative estimate of drug-likeness (QED) is 0.469. The lowest BCUT2D eigenvalue weighted by atomic mass is 10.2. The summed E-state index contributed by atoms with van der Waals surface area (Å²) in [5, 5.41) is 18.0. The summed E-state index contributed by atoms with van der Waals surface area (Å²) in [5.41, 5.74) is 0. The third kappa shape index (κ3) is 5.43. The van der Waals surface area contributed by atoms with Gasteiger partial charge in [0.15, 0.2) is 0 Å². The molecule has 0 bridgehead atoms. The van der Waals surface area contributed by atoms with Crippen LogP contribution in [0.25, 0.3) is 0 Å². The Morgan fingerprint density at radius 2 is 2.09 bits per heavy atom. The molecule has 0 aromatic heterocycles. The average Bonchev–Trinajstić information content (AvgIpc) is 2.00. The predicted octanol–water partition coefficient (Wildman–Crippen LogP) is 1.94. The summed E-state index contributed by atoms with van der Waals surface area (Å²) in [5.74, 6) is 0.178. The maximum atomic E-state index is 9.09. The molecule has 0 aliphatic rings. The summed E-state index contributed by atoms with van der Waals surface area (Å²) in [6.07, 6.45) is 4.91. The van der Waals surface area contributed by atoms with Crippen LogP contribution >= 0.6 is 0 Å². The predicted molar refractivity (Wildman–Crippen MR) is 46.3 cm³/mol. The van der Waals surface area contributed by atoms with Crippen molar-refractivity contribution in [1.29, 1.82) is 0 Å². The second kappa shape index (κ2) is 5.74. The lowest BCUT2D eigenvalue weighted by molar-refractivity contribution is 0.262. The Kier molecular flexibility index (Phi) is 5.21. The maximum absolute atomic E-state index is 9.09. The summed E-state index contributed by atoms with van der Waals surface area (Å²) < 4.78 is 0. The van der Waals surface area contributed by atoms with Gasteiger partial charge in [0.05, 0.1) is 11.9 Å². The van der Waals surface area contributed by atoms with Crippen molar-refractivity contribution in [2.75, 3.05) is 0 Å². The molecule has 2 heteroatoms. The molecule has 2 N–H and O–H groups in total. The SMILES string of the molecule is C=CCCC(O)=CC(O)C=C. The monoisotopic (exact) mass is 154 g/mol. The smallest absolute Gasteiger partial charge is 0.0934 e. The van der Waals surface area contributed by atoms with Gasteiger partial charge in [-0.3, -0.25) is 0 Å². The molecule has 0 aromatic rings. The van der Waals surface area contributed by atoms with E-state index in [9.17, 15) is 0 Å². The largest absolute Gasteiger partial charge is 0.513 e. The van der Waals surface area contributed by atoms with Crippen LogP contribution in [0, 0.1) is 0 Å². The van der Waals surface area contributed by atoms with Gasteiger partial charge in [-0.15, -0.1) is 13.2 Å². The van der Waals surface area contributed by atoms with E-state index in [0.717, 1.165) is 0 Å². The Bertz CT molecular complexity index is 159. The Labute approximate surface area is 67.2 Å². The second-order valence-electron chi connectivity index (χ2n) is 2.21. The van der Waals surface area contributed by atoms with Gasteiger partial charge in [-0.2, -0.15) is 0 Å². The molecular formula is C9H14O2. The van der Waals surface area contributed by atoms with Gasteiger partial charge in [0.2, 0.25) is 0 Å². The summed E-state index contributed by atoms with van der Waals surface area (Å²) in [4.78, 5) is 0. The van der Waals surface area contributed by atoms with Crippen molar-refractivity contribution in [3.05, 3.63) is 37.1 Å². The molecule has 2 nitrogen and oxygen atoms in total. The highest BCUT2D eigenvalue weighted by Gasteiger charge is 1.95. The second-order valence-corrected chi connectivity index (χ2v) is 2.21. The molecule has 0 aliphatic carbocycles. The summed E-state index contributed by atoms with van der Waals surface area (Å²) in [6, 6.07) is 0. The summed E-state index contributed by atoms with van der Waals surface area (Å²) >= 11 is 0. The van der Waals surface area contributed by atoms with Crippen molar-refractivity contribution in [3.63, 3.8) is 0 Å². The topological polar surface area (TPSA) is 40.5 Å². The van der Waals surface area contributed by atoms with Crippen LogP contribution in [0.15, 0.2) is 37.1 Å². The first-order chi connectivity index (χ1) is 5.20. The van der Waals surface area contributed by atoms with E-state index in [0.29, 0.717) is 12.8 Å². The highest BCUT2D eigenvalue weighted by Crippen LogP contribution is 2.02. The van der Waals surface area contributed by atoms with E-state index in [2.05, 4.69) is 13.2 Å². The average molecular weight is 154 g/mol. The van der Waals surface area contributed by atoms with Crippen molar-refractivity contribution >= 4 is 0 Å². The van der Waals surface area contributed by atoms with Crippen LogP contribution in [0.4, 0.5) is 0 Å². The van der Waals surface area contributed by atoms with Crippen molar-refractivity contribution in [2.24, 2.45) is 0 Å². The van der Waals surface area contributed by atoms with Crippen LogP contribution in [-0.2, 0) is 0 Å². The fraction of sp³-hybridized carbons (Fsp3) is 0.333. The number of rotatable bonds is 5. The lowest BCUT2D eigenvalue weighted by Crippen LogP contribution is -1.97. The minimum atomic E-state index is -0.750. The molecule has 0 spiro atoms. The number of aliphatic hydroxyl groups is 2. The van der Waals surface area contributed by atoms with Crippen molar-refractivity contribution in [3.8, 4) is 0 Å². The molecule has 0 radical (unpaired) electrons. The third-order valence-corrected chi connectivity index (χ3v) is 1.21. The van der Waals surface area contributed by atoms with Gasteiger partial charge >= 0.3 is 0 Å². The Morgan fingerprint density at radius 3 is 2.55 bits per heavy atom. The molecule has 1 atom stereocenters. The molecule has 0 rings (SSSR count). The minimum absolute atomic E-state index is 0.178. The fourth-order valence-corrected chi connectivity index (χ4v) is 0.598. The van der Waals surface area contributed by atoms with Crippen LogP contribution in [-0.4, -0.2) is 16.3 Å². The van der Waals surface area contributed by atoms with Crippen LogP contribution in [0.1, 0.15) is 12.8 Å². The first-order valence-electron chi connectivity index (χ1n) is 3.52. The first kappa shape index (κ1) is 9.98. The fourth-order valence-electron chi connectivity index (χ4n) is 0.598. The Balaban J connectivity index is 3.78. The zero-order valence-corrected chi connectivity index (χ0v) is 6.53. The lowest BCUT2D eigenvalue weighted by Gasteiger charge is -1.99. The van der Waals surface area contributed by atoms with E-state index in [-0.39, 0.29) is 5.76 Å². The van der Waals surface area contributed by atoms with Crippen LogP contribution < -0.4 is 0 Å². The van der Waals surface area contributed by atoms with Gasteiger partial charge in [0.1, 0.15) is 0 Å². The van der Waals surface area contributed by atoms with E-state index in [1.165, 1.54) is 12.2 Å². The number of hydrogen-bond donors (Lipinski definition) is 2. The highest BCUT2D eigenvalue weighted by atomic mass is 16.3. The standard InChI is InChI=1S/C9H14O2/c1-3-5-6-9(11)7-8(10)4-2/h3-4,7-8,10-11H,1-2,5-6H2. The third-order valence-electron chi connectivity index (χ3n) is 1.21. The molecule has 0 aromatic carbocycles. The van der Waals surface area contributed by atoms with Gasteiger partial charge < -0.3 is 10.2 Å². The van der Waals surface area contributed by atoms with Crippen LogP contribution in [0.3, 0.4) is 0 Å². The van der Waals surface area contributed by atoms with Gasteiger partial charge in [-0.05, 0) is 12.5 Å². The van der Waals surface area contributed by atoms with Gasteiger partial charge in [-0.1, -0.05) is 12.2 Å². The molecule has 0 heterocycles. The minimum Gasteiger partial charge on any atom is -0.513 e. The van der Waals surface area contributed by atoms with Gasteiger partial charge in [-0.25, -0.2) is 0 Å². The van der Waals surface area contributed by atoms with E-state index in [1.807, 2.05) is 0 Å². The van der Waals surface area contributed by atoms with Crippen molar-refractivity contribution < 1.29 is 10.2 Å². The molecule has 0 aliphatic heterocycles. The van der Waals surface area contributed by atoms with E-state index in [4.69, 9.17) is 10.2 Å². The Hall–Kier alpha value is -1.02. The molecule has 0 fully saturated rings. The van der Waals surface area contributed by atoms with Gasteiger partial charge in [0, 0.05) is 6.42 Å². The molecule has 62 valence electrons. The summed E-state index contributed by atoms with van der Waals surface area (Å²) in [7, 11) is 0. The molecule has 11 heavy (non-hydrogen) atoms. The molecule has 0 amide bonds. The summed E-state index contributed by atoms with van der Waals surface area (Å²) in [6.45, 7) is 6.88. The van der Waals surface area contributed by atoms with E-state index in [1.54, 1.807) is 6.08 Å². The molecular weight excluding hydrogens is 140 g/mol. The van der Waals surface area contributed by atoms with Crippen LogP contribution in [0.5, 0.6) is 0 Å². The van der Waals surface area contributed by atoms with E-state index >= 15 is 0 Å². The van der Waals surface area contributed by atoms with Gasteiger partial charge in [0.25, 0.3) is 0 Å². The van der Waals surface area contributed by atoms with E-state index < -0.39 is 6.10 Å². The molecule has 0 saturated carbocycles. The van der Waals surface area contributed by atoms with Crippen molar-refractivity contribution in [1.82, 2.24) is 0 Å². The van der Waals surface area contributed by atoms with Crippen LogP contribution in [0.2, 0.25) is 0 Å². The number of hydrogen-bond acceptors (Lipinski definition) is 2.